The van der Waals surface area contributed by atoms with E-state index in [-0.39, 0.29) is 0 Å². The average Bonchev–Trinajstić information content (AvgIpc) is 2.51. The van der Waals surface area contributed by atoms with E-state index < -0.39 is 11.7 Å². The Morgan fingerprint density at radius 1 is 0.957 bits per heavy atom. The van der Waals surface area contributed by atoms with E-state index in [1.165, 1.54) is 25.3 Å². The van der Waals surface area contributed by atoms with Crippen molar-refractivity contribution >= 4 is 5.69 Å². The summed E-state index contributed by atoms with van der Waals surface area (Å²) >= 11 is 0. The Morgan fingerprint density at radius 2 is 1.57 bits per heavy atom. The molecule has 0 unspecified atom stereocenters. The zero-order chi connectivity index (χ0) is 17.3. The van der Waals surface area contributed by atoms with Crippen molar-refractivity contribution in [1.29, 1.82) is 0 Å². The smallest absolute Gasteiger partial charge is 0.372 e. The zero-order valence-electron chi connectivity index (χ0n) is 14.6. The molecule has 0 heterocycles. The normalized spacial score (nSPS) is 11.7. The molecule has 0 bridgehead atoms. The molecule has 1 aromatic carbocycles. The first-order valence-corrected chi connectivity index (χ1v) is 8.81. The highest BCUT2D eigenvalue weighted by molar-refractivity contribution is 5.57. The lowest BCUT2D eigenvalue weighted by Gasteiger charge is -2.26. The molecule has 0 aromatic heterocycles. The van der Waals surface area contributed by atoms with E-state index in [9.17, 15) is 13.2 Å². The summed E-state index contributed by atoms with van der Waals surface area (Å²) in [7, 11) is 0. The third kappa shape index (κ3) is 6.08. The first kappa shape index (κ1) is 19.9. The molecule has 0 amide bonds. The van der Waals surface area contributed by atoms with Gasteiger partial charge in [-0.1, -0.05) is 45.1 Å². The van der Waals surface area contributed by atoms with Crippen LogP contribution >= 0.6 is 0 Å². The van der Waals surface area contributed by atoms with Crippen LogP contribution in [0.1, 0.15) is 70.4 Å². The van der Waals surface area contributed by atoms with Gasteiger partial charge in [0.15, 0.2) is 0 Å². The number of hydrogen-bond donors (Lipinski definition) is 0. The molecular weight excluding hydrogens is 299 g/mol. The van der Waals surface area contributed by atoms with Gasteiger partial charge in [0.05, 0.1) is 5.56 Å². The van der Waals surface area contributed by atoms with Crippen LogP contribution in [0.5, 0.6) is 0 Å². The first-order valence-electron chi connectivity index (χ1n) is 8.81. The molecule has 4 heteroatoms. The van der Waals surface area contributed by atoms with Gasteiger partial charge in [-0.25, -0.2) is 0 Å². The van der Waals surface area contributed by atoms with E-state index in [0.29, 0.717) is 25.1 Å². The van der Waals surface area contributed by atoms with Crippen LogP contribution < -0.4 is 4.90 Å². The van der Waals surface area contributed by atoms with E-state index in [2.05, 4.69) is 13.0 Å². The van der Waals surface area contributed by atoms with Crippen molar-refractivity contribution in [3.8, 4) is 0 Å². The lowest BCUT2D eigenvalue weighted by molar-refractivity contribution is -0.138. The predicted octanol–water partition coefficient (Wildman–Crippen LogP) is 6.25. The van der Waals surface area contributed by atoms with E-state index in [1.807, 2.05) is 18.7 Å². The van der Waals surface area contributed by atoms with Gasteiger partial charge in [0.2, 0.25) is 0 Å². The highest BCUT2D eigenvalue weighted by Gasteiger charge is 2.34. The number of halogens is 3. The molecule has 0 aliphatic carbocycles. The second-order valence-corrected chi connectivity index (χ2v) is 5.90. The summed E-state index contributed by atoms with van der Waals surface area (Å²) in [6, 6.07) is 5.61. The Morgan fingerprint density at radius 3 is 2.13 bits per heavy atom. The van der Waals surface area contributed by atoms with Crippen molar-refractivity contribution in [1.82, 2.24) is 0 Å². The Labute approximate surface area is 138 Å². The molecule has 0 aliphatic rings. The number of unbranched alkanes of at least 4 members (excludes halogenated alkanes) is 5. The molecule has 0 atom stereocenters. The Balaban J connectivity index is 2.91. The van der Waals surface area contributed by atoms with Crippen molar-refractivity contribution in [3.63, 3.8) is 0 Å². The van der Waals surface area contributed by atoms with Crippen molar-refractivity contribution in [3.05, 3.63) is 29.3 Å². The second-order valence-electron chi connectivity index (χ2n) is 5.90. The van der Waals surface area contributed by atoms with Gasteiger partial charge in [0, 0.05) is 18.8 Å². The van der Waals surface area contributed by atoms with Crippen molar-refractivity contribution in [2.75, 3.05) is 18.0 Å². The summed E-state index contributed by atoms with van der Waals surface area (Å²) in [5, 5.41) is 0. The molecule has 0 saturated heterocycles. The Kier molecular flexibility index (Phi) is 8.49. The fourth-order valence-electron chi connectivity index (χ4n) is 2.97. The average molecular weight is 328 g/mol. The zero-order valence-corrected chi connectivity index (χ0v) is 14.6. The summed E-state index contributed by atoms with van der Waals surface area (Å²) in [5.74, 6) is 0. The SMILES string of the molecule is CCCCCCCCc1c(C(F)(F)F)[c]ccc1N(CC)CC. The van der Waals surface area contributed by atoms with Crippen LogP contribution in [-0.4, -0.2) is 13.1 Å². The number of hydrogen-bond acceptors (Lipinski definition) is 1. The fraction of sp³-hybridized carbons (Fsp3) is 0.684. The molecule has 1 rings (SSSR count). The molecule has 0 fully saturated rings. The van der Waals surface area contributed by atoms with Gasteiger partial charge in [0.1, 0.15) is 0 Å². The topological polar surface area (TPSA) is 3.24 Å². The van der Waals surface area contributed by atoms with Gasteiger partial charge in [-0.2, -0.15) is 13.2 Å². The van der Waals surface area contributed by atoms with Gasteiger partial charge < -0.3 is 4.90 Å². The van der Waals surface area contributed by atoms with Crippen LogP contribution in [0.15, 0.2) is 12.1 Å². The molecule has 0 spiro atoms. The molecule has 1 nitrogen and oxygen atoms in total. The number of anilines is 1. The van der Waals surface area contributed by atoms with Gasteiger partial charge in [-0.15, -0.1) is 0 Å². The quantitative estimate of drug-likeness (QED) is 0.458. The standard InChI is InChI=1S/C19H29F3N/c1-4-7-8-9-10-11-13-16-17(19(20,21)22)14-12-15-18(16)23(5-2)6-3/h12,15H,4-11,13H2,1-3H3. The van der Waals surface area contributed by atoms with Crippen LogP contribution in [0.4, 0.5) is 18.9 Å². The summed E-state index contributed by atoms with van der Waals surface area (Å²) in [4.78, 5) is 2.00. The number of benzene rings is 1. The van der Waals surface area contributed by atoms with Crippen molar-refractivity contribution < 1.29 is 13.2 Å². The maximum absolute atomic E-state index is 13.3. The fourth-order valence-corrected chi connectivity index (χ4v) is 2.97. The highest BCUT2D eigenvalue weighted by Crippen LogP contribution is 2.37. The maximum Gasteiger partial charge on any atom is 0.417 e. The van der Waals surface area contributed by atoms with Gasteiger partial charge in [-0.05, 0) is 44.4 Å². The lowest BCUT2D eigenvalue weighted by Crippen LogP contribution is -2.24. The molecule has 1 aromatic rings. The van der Waals surface area contributed by atoms with E-state index in [1.54, 1.807) is 6.07 Å². The second kappa shape index (κ2) is 9.84. The third-order valence-electron chi connectivity index (χ3n) is 4.25. The van der Waals surface area contributed by atoms with Crippen LogP contribution in [0, 0.1) is 6.07 Å². The van der Waals surface area contributed by atoms with Gasteiger partial charge in [0.25, 0.3) is 0 Å². The van der Waals surface area contributed by atoms with Crippen LogP contribution in [0.3, 0.4) is 0 Å². The first-order chi connectivity index (χ1) is 11.0. The molecular formula is C19H29F3N. The molecule has 23 heavy (non-hydrogen) atoms. The minimum Gasteiger partial charge on any atom is -0.372 e. The Hall–Kier alpha value is -1.19. The maximum atomic E-state index is 13.3. The highest BCUT2D eigenvalue weighted by atomic mass is 19.4. The predicted molar refractivity (Wildman–Crippen MR) is 90.9 cm³/mol. The third-order valence-corrected chi connectivity index (χ3v) is 4.25. The molecule has 0 saturated carbocycles. The van der Waals surface area contributed by atoms with Crippen LogP contribution in [0.25, 0.3) is 0 Å². The minimum absolute atomic E-state index is 0.416. The number of nitrogens with zero attached hydrogens (tertiary/aromatic N) is 1. The Bertz CT molecular complexity index is 450. The molecule has 131 valence electrons. The van der Waals surface area contributed by atoms with E-state index >= 15 is 0 Å². The monoisotopic (exact) mass is 328 g/mol. The largest absolute Gasteiger partial charge is 0.417 e. The van der Waals surface area contributed by atoms with Crippen molar-refractivity contribution in [2.24, 2.45) is 0 Å². The number of alkyl halides is 3. The minimum atomic E-state index is -4.33. The van der Waals surface area contributed by atoms with Crippen LogP contribution in [-0.2, 0) is 12.6 Å². The summed E-state index contributed by atoms with van der Waals surface area (Å²) in [5.41, 5.74) is 0.546. The van der Waals surface area contributed by atoms with E-state index in [4.69, 9.17) is 0 Å². The summed E-state index contributed by atoms with van der Waals surface area (Å²) < 4.78 is 40.0. The molecule has 1 radical (unpaired) electrons. The number of rotatable bonds is 10. The van der Waals surface area contributed by atoms with E-state index in [0.717, 1.165) is 24.9 Å². The van der Waals surface area contributed by atoms with Crippen LogP contribution in [0.2, 0.25) is 0 Å². The lowest BCUT2D eigenvalue weighted by atomic mass is 9.97. The van der Waals surface area contributed by atoms with Gasteiger partial charge in [-0.3, -0.25) is 0 Å². The summed E-state index contributed by atoms with van der Waals surface area (Å²) in [6.45, 7) is 7.53. The van der Waals surface area contributed by atoms with Gasteiger partial charge >= 0.3 is 6.18 Å². The summed E-state index contributed by atoms with van der Waals surface area (Å²) in [6.07, 6.45) is 2.60. The molecule has 0 N–H and O–H groups in total. The molecule has 0 aliphatic heterocycles. The van der Waals surface area contributed by atoms with Crippen molar-refractivity contribution in [2.45, 2.75) is 71.9 Å².